The molecule has 0 unspecified atom stereocenters. The highest BCUT2D eigenvalue weighted by molar-refractivity contribution is 7.99. The summed E-state index contributed by atoms with van der Waals surface area (Å²) in [5.74, 6) is -0.350. The van der Waals surface area contributed by atoms with Gasteiger partial charge in [-0.1, -0.05) is 0 Å². The van der Waals surface area contributed by atoms with Crippen LogP contribution in [0.2, 0.25) is 0 Å². The first-order chi connectivity index (χ1) is 8.02. The molecule has 0 aliphatic carbocycles. The summed E-state index contributed by atoms with van der Waals surface area (Å²) in [7, 11) is 0. The number of halogens is 1. The van der Waals surface area contributed by atoms with Crippen LogP contribution >= 0.6 is 11.8 Å². The smallest absolute Gasteiger partial charge is 0.192 e. The number of aryl methyl sites for hydroxylation is 2. The van der Waals surface area contributed by atoms with E-state index in [1.165, 1.54) is 23.9 Å². The van der Waals surface area contributed by atoms with Crippen molar-refractivity contribution in [3.63, 3.8) is 0 Å². The Morgan fingerprint density at radius 2 is 1.71 bits per heavy atom. The van der Waals surface area contributed by atoms with Crippen LogP contribution in [-0.2, 0) is 0 Å². The second-order valence-corrected chi connectivity index (χ2v) is 4.80. The maximum Gasteiger partial charge on any atom is 0.192 e. The molecule has 0 amide bonds. The van der Waals surface area contributed by atoms with E-state index in [-0.39, 0.29) is 5.82 Å². The highest BCUT2D eigenvalue weighted by Crippen LogP contribution is 2.27. The highest BCUT2D eigenvalue weighted by atomic mass is 32.2. The van der Waals surface area contributed by atoms with E-state index in [2.05, 4.69) is 9.97 Å². The van der Waals surface area contributed by atoms with Crippen molar-refractivity contribution >= 4 is 17.4 Å². The molecule has 0 bridgehead atoms. The zero-order valence-corrected chi connectivity index (χ0v) is 10.4. The molecule has 1 heterocycles. The molecule has 0 saturated carbocycles. The van der Waals surface area contributed by atoms with Crippen molar-refractivity contribution in [3.05, 3.63) is 41.5 Å². The molecule has 0 atom stereocenters. The molecule has 2 rings (SSSR count). The van der Waals surface area contributed by atoms with Gasteiger partial charge in [0, 0.05) is 22.0 Å². The van der Waals surface area contributed by atoms with Gasteiger partial charge in [0.1, 0.15) is 5.82 Å². The van der Waals surface area contributed by atoms with Gasteiger partial charge < -0.3 is 5.73 Å². The van der Waals surface area contributed by atoms with E-state index < -0.39 is 0 Å². The molecule has 1 aromatic carbocycles. The number of nitrogens with zero attached hydrogens (tertiary/aromatic N) is 2. The van der Waals surface area contributed by atoms with Crippen molar-refractivity contribution in [3.8, 4) is 0 Å². The second kappa shape index (κ2) is 4.71. The minimum absolute atomic E-state index is 0.350. The van der Waals surface area contributed by atoms with Crippen LogP contribution in [0.25, 0.3) is 0 Å². The molecule has 17 heavy (non-hydrogen) atoms. The molecule has 0 aliphatic rings. The Labute approximate surface area is 103 Å². The largest absolute Gasteiger partial charge is 0.399 e. The predicted molar refractivity (Wildman–Crippen MR) is 66.4 cm³/mol. The van der Waals surface area contributed by atoms with Gasteiger partial charge >= 0.3 is 0 Å². The van der Waals surface area contributed by atoms with Gasteiger partial charge in [0.15, 0.2) is 5.16 Å². The van der Waals surface area contributed by atoms with Crippen LogP contribution in [0.1, 0.15) is 11.4 Å². The Morgan fingerprint density at radius 1 is 1.06 bits per heavy atom. The van der Waals surface area contributed by atoms with E-state index in [1.807, 2.05) is 19.9 Å². The number of nitrogen functional groups attached to an aromatic ring is 1. The first-order valence-electron chi connectivity index (χ1n) is 5.09. The summed E-state index contributed by atoms with van der Waals surface area (Å²) in [4.78, 5) is 9.26. The lowest BCUT2D eigenvalue weighted by Crippen LogP contribution is -1.93. The van der Waals surface area contributed by atoms with E-state index in [1.54, 1.807) is 6.07 Å². The lowest BCUT2D eigenvalue weighted by Gasteiger charge is -2.04. The van der Waals surface area contributed by atoms with E-state index in [0.717, 1.165) is 11.4 Å². The molecule has 0 spiro atoms. The van der Waals surface area contributed by atoms with E-state index in [9.17, 15) is 4.39 Å². The fourth-order valence-corrected chi connectivity index (χ4v) is 2.44. The molecule has 0 radical (unpaired) electrons. The third kappa shape index (κ3) is 3.17. The topological polar surface area (TPSA) is 51.8 Å². The Hall–Kier alpha value is -1.62. The van der Waals surface area contributed by atoms with Crippen molar-refractivity contribution in [1.29, 1.82) is 0 Å². The van der Waals surface area contributed by atoms with Gasteiger partial charge in [-0.2, -0.15) is 0 Å². The first kappa shape index (κ1) is 11.9. The number of benzene rings is 1. The van der Waals surface area contributed by atoms with Gasteiger partial charge in [-0.25, -0.2) is 14.4 Å². The monoisotopic (exact) mass is 249 g/mol. The van der Waals surface area contributed by atoms with E-state index in [0.29, 0.717) is 15.7 Å². The number of hydrogen-bond acceptors (Lipinski definition) is 4. The average molecular weight is 249 g/mol. The Kier molecular flexibility index (Phi) is 3.28. The molecule has 1 aromatic heterocycles. The Morgan fingerprint density at radius 3 is 2.29 bits per heavy atom. The summed E-state index contributed by atoms with van der Waals surface area (Å²) in [6.07, 6.45) is 0. The molecule has 2 aromatic rings. The van der Waals surface area contributed by atoms with Crippen LogP contribution in [-0.4, -0.2) is 9.97 Å². The zero-order valence-electron chi connectivity index (χ0n) is 9.57. The molecule has 2 N–H and O–H groups in total. The Balaban J connectivity index is 2.31. The number of nitrogens with two attached hydrogens (primary N) is 1. The fraction of sp³-hybridized carbons (Fsp3) is 0.167. The SMILES string of the molecule is Cc1cc(C)nc(Sc2cc(N)cc(F)c2)n1. The van der Waals surface area contributed by atoms with Gasteiger partial charge in [0.2, 0.25) is 0 Å². The van der Waals surface area contributed by atoms with Gasteiger partial charge in [-0.05, 0) is 49.9 Å². The van der Waals surface area contributed by atoms with Crippen molar-refractivity contribution < 1.29 is 4.39 Å². The molecular weight excluding hydrogens is 237 g/mol. The lowest BCUT2D eigenvalue weighted by molar-refractivity contribution is 0.625. The maximum atomic E-state index is 13.2. The van der Waals surface area contributed by atoms with Crippen molar-refractivity contribution in [1.82, 2.24) is 9.97 Å². The van der Waals surface area contributed by atoms with Gasteiger partial charge in [0.25, 0.3) is 0 Å². The number of hydrogen-bond donors (Lipinski definition) is 1. The third-order valence-corrected chi connectivity index (χ3v) is 2.90. The summed E-state index contributed by atoms with van der Waals surface area (Å²) in [6, 6.07) is 6.30. The lowest BCUT2D eigenvalue weighted by atomic mass is 10.3. The molecular formula is C12H12FN3S. The minimum atomic E-state index is -0.350. The minimum Gasteiger partial charge on any atom is -0.399 e. The third-order valence-electron chi connectivity index (χ3n) is 2.06. The summed E-state index contributed by atoms with van der Waals surface area (Å²) in [5, 5.41) is 0.604. The summed E-state index contributed by atoms with van der Waals surface area (Å²) in [6.45, 7) is 3.80. The van der Waals surface area contributed by atoms with Crippen LogP contribution in [0, 0.1) is 19.7 Å². The first-order valence-corrected chi connectivity index (χ1v) is 5.91. The summed E-state index contributed by atoms with van der Waals surface area (Å²) in [5.41, 5.74) is 7.76. The fourth-order valence-electron chi connectivity index (χ4n) is 1.49. The van der Waals surface area contributed by atoms with Gasteiger partial charge in [-0.15, -0.1) is 0 Å². The molecule has 3 nitrogen and oxygen atoms in total. The summed E-state index contributed by atoms with van der Waals surface area (Å²) < 4.78 is 13.2. The van der Waals surface area contributed by atoms with Crippen LogP contribution in [0.15, 0.2) is 34.3 Å². The average Bonchev–Trinajstić information content (AvgIpc) is 2.13. The second-order valence-electron chi connectivity index (χ2n) is 3.76. The van der Waals surface area contributed by atoms with Crippen LogP contribution < -0.4 is 5.73 Å². The van der Waals surface area contributed by atoms with Crippen molar-refractivity contribution in [2.24, 2.45) is 0 Å². The van der Waals surface area contributed by atoms with Crippen LogP contribution in [0.3, 0.4) is 0 Å². The number of anilines is 1. The zero-order chi connectivity index (χ0) is 12.4. The van der Waals surface area contributed by atoms with E-state index in [4.69, 9.17) is 5.73 Å². The van der Waals surface area contributed by atoms with Gasteiger partial charge in [-0.3, -0.25) is 0 Å². The number of rotatable bonds is 2. The molecule has 0 aliphatic heterocycles. The van der Waals surface area contributed by atoms with Crippen LogP contribution in [0.5, 0.6) is 0 Å². The molecule has 0 fully saturated rings. The van der Waals surface area contributed by atoms with Gasteiger partial charge in [0.05, 0.1) is 0 Å². The normalized spacial score (nSPS) is 10.5. The number of aromatic nitrogens is 2. The van der Waals surface area contributed by atoms with Crippen molar-refractivity contribution in [2.75, 3.05) is 5.73 Å². The standard InChI is InChI=1S/C12H12FN3S/c1-7-3-8(2)16-12(15-7)17-11-5-9(13)4-10(14)6-11/h3-6H,14H2,1-2H3. The van der Waals surface area contributed by atoms with Crippen molar-refractivity contribution in [2.45, 2.75) is 23.9 Å². The quantitative estimate of drug-likeness (QED) is 0.656. The molecule has 88 valence electrons. The van der Waals surface area contributed by atoms with E-state index >= 15 is 0 Å². The predicted octanol–water partition coefficient (Wildman–Crippen LogP) is 2.97. The molecule has 0 saturated heterocycles. The molecule has 5 heteroatoms. The summed E-state index contributed by atoms with van der Waals surface area (Å²) >= 11 is 1.30. The Bertz CT molecular complexity index is 467. The van der Waals surface area contributed by atoms with Crippen LogP contribution in [0.4, 0.5) is 10.1 Å². The highest BCUT2D eigenvalue weighted by Gasteiger charge is 2.05. The maximum absolute atomic E-state index is 13.2.